The summed E-state index contributed by atoms with van der Waals surface area (Å²) >= 11 is 0. The van der Waals surface area contributed by atoms with Crippen LogP contribution in [0.2, 0.25) is 0 Å². The average Bonchev–Trinajstić information content (AvgIpc) is 3.16. The van der Waals surface area contributed by atoms with Gasteiger partial charge in [0.25, 0.3) is 11.8 Å². The van der Waals surface area contributed by atoms with E-state index in [2.05, 4.69) is 5.32 Å². The summed E-state index contributed by atoms with van der Waals surface area (Å²) in [4.78, 5) is 42.9. The lowest BCUT2D eigenvalue weighted by molar-refractivity contribution is -0.116. The molecule has 0 aromatic heterocycles. The first kappa shape index (κ1) is 22.3. The molecule has 9 heteroatoms. The molecule has 0 unspecified atom stereocenters. The maximum atomic E-state index is 13.7. The van der Waals surface area contributed by atoms with Crippen molar-refractivity contribution in [1.82, 2.24) is 4.90 Å². The van der Waals surface area contributed by atoms with Gasteiger partial charge in [0.15, 0.2) is 11.5 Å². The number of aromatic hydroxyl groups is 1. The molecule has 9 nitrogen and oxygen atoms in total. The number of anilines is 2. The van der Waals surface area contributed by atoms with Crippen molar-refractivity contribution in [2.45, 2.75) is 12.6 Å². The number of carbonyl (C=O) groups is 3. The number of benzene rings is 3. The Morgan fingerprint density at radius 2 is 1.80 bits per heavy atom. The third-order valence-corrected chi connectivity index (χ3v) is 6.19. The van der Waals surface area contributed by atoms with E-state index in [1.165, 1.54) is 31.3 Å². The molecular formula is C26H23N3O6. The molecular weight excluding hydrogens is 450 g/mol. The number of methoxy groups -OCH3 is 2. The van der Waals surface area contributed by atoms with E-state index in [0.717, 1.165) is 0 Å². The standard InChI is InChI=1S/C26H23N3O6/c1-34-20-11-10-18-22(23(20)35-2)26(33)29-19-9-4-3-8-17(19)25(32)28(24(18)29)13-12-21(31)27-15-6-5-7-16(30)14-15/h3-11,14,24,30H,12-13H2,1-2H3,(H,27,31)/t24-/m0/s1. The lowest BCUT2D eigenvalue weighted by Gasteiger charge is -2.40. The van der Waals surface area contributed by atoms with Gasteiger partial charge in [0, 0.05) is 30.3 Å². The normalized spacial score (nSPS) is 15.9. The van der Waals surface area contributed by atoms with E-state index < -0.39 is 6.17 Å². The minimum Gasteiger partial charge on any atom is -0.508 e. The van der Waals surface area contributed by atoms with Crippen LogP contribution in [0.25, 0.3) is 0 Å². The molecule has 0 spiro atoms. The van der Waals surface area contributed by atoms with Gasteiger partial charge in [-0.25, -0.2) is 0 Å². The van der Waals surface area contributed by atoms with Crippen LogP contribution in [0.15, 0.2) is 60.7 Å². The molecule has 2 heterocycles. The van der Waals surface area contributed by atoms with Crippen molar-refractivity contribution < 1.29 is 29.0 Å². The van der Waals surface area contributed by atoms with Gasteiger partial charge in [-0.2, -0.15) is 0 Å². The number of carbonyl (C=O) groups excluding carboxylic acids is 3. The highest BCUT2D eigenvalue weighted by atomic mass is 16.5. The second kappa shape index (κ2) is 8.68. The number of phenols is 1. The average molecular weight is 473 g/mol. The summed E-state index contributed by atoms with van der Waals surface area (Å²) in [6.07, 6.45) is -0.738. The predicted molar refractivity (Wildman–Crippen MR) is 128 cm³/mol. The van der Waals surface area contributed by atoms with Gasteiger partial charge in [-0.15, -0.1) is 0 Å². The number of rotatable bonds is 6. The number of fused-ring (bicyclic) bond motifs is 5. The van der Waals surface area contributed by atoms with E-state index in [9.17, 15) is 19.5 Å². The summed E-state index contributed by atoms with van der Waals surface area (Å²) in [5.41, 5.74) is 2.26. The number of hydrogen-bond donors (Lipinski definition) is 2. The van der Waals surface area contributed by atoms with E-state index in [1.54, 1.807) is 53.4 Å². The Morgan fingerprint density at radius 3 is 2.54 bits per heavy atom. The fourth-order valence-electron chi connectivity index (χ4n) is 4.68. The molecule has 35 heavy (non-hydrogen) atoms. The Labute approximate surface area is 201 Å². The third kappa shape index (κ3) is 3.61. The van der Waals surface area contributed by atoms with Crippen LogP contribution in [0.1, 0.15) is 38.9 Å². The molecule has 0 bridgehead atoms. The Hall–Kier alpha value is -4.53. The number of para-hydroxylation sites is 1. The number of nitrogens with zero attached hydrogens (tertiary/aromatic N) is 2. The maximum Gasteiger partial charge on any atom is 0.264 e. The van der Waals surface area contributed by atoms with Crippen LogP contribution in [-0.4, -0.2) is 48.5 Å². The summed E-state index contributed by atoms with van der Waals surface area (Å²) in [6, 6.07) is 16.6. The summed E-state index contributed by atoms with van der Waals surface area (Å²) in [5, 5.41) is 12.4. The SMILES string of the molecule is COc1ccc2c(c1OC)C(=O)N1c3ccccc3C(=O)N(CCC(=O)Nc3cccc(O)c3)[C@H]21. The second-order valence-electron chi connectivity index (χ2n) is 8.18. The predicted octanol–water partition coefficient (Wildman–Crippen LogP) is 3.55. The molecule has 1 atom stereocenters. The summed E-state index contributed by atoms with van der Waals surface area (Å²) in [7, 11) is 2.96. The van der Waals surface area contributed by atoms with Crippen LogP contribution in [0.4, 0.5) is 11.4 Å². The summed E-state index contributed by atoms with van der Waals surface area (Å²) in [5.74, 6) is -0.165. The van der Waals surface area contributed by atoms with Gasteiger partial charge in [-0.05, 0) is 30.3 Å². The summed E-state index contributed by atoms with van der Waals surface area (Å²) in [6.45, 7) is 0.0695. The quantitative estimate of drug-likeness (QED) is 0.567. The highest BCUT2D eigenvalue weighted by Crippen LogP contribution is 2.49. The zero-order chi connectivity index (χ0) is 24.7. The lowest BCUT2D eigenvalue weighted by atomic mass is 10.0. The molecule has 0 radical (unpaired) electrons. The van der Waals surface area contributed by atoms with Crippen molar-refractivity contribution >= 4 is 29.1 Å². The number of nitrogens with one attached hydrogen (secondary N) is 1. The van der Waals surface area contributed by atoms with Gasteiger partial charge >= 0.3 is 0 Å². The Kier molecular flexibility index (Phi) is 5.52. The van der Waals surface area contributed by atoms with E-state index in [4.69, 9.17) is 9.47 Å². The molecule has 0 saturated heterocycles. The van der Waals surface area contributed by atoms with Crippen molar-refractivity contribution in [3.05, 3.63) is 77.4 Å². The molecule has 5 rings (SSSR count). The monoisotopic (exact) mass is 473 g/mol. The molecule has 0 saturated carbocycles. The Morgan fingerprint density at radius 1 is 1.00 bits per heavy atom. The smallest absolute Gasteiger partial charge is 0.264 e. The molecule has 2 aliphatic rings. The zero-order valence-electron chi connectivity index (χ0n) is 19.1. The van der Waals surface area contributed by atoms with Crippen LogP contribution < -0.4 is 19.7 Å². The van der Waals surface area contributed by atoms with Gasteiger partial charge < -0.3 is 24.8 Å². The van der Waals surface area contributed by atoms with Crippen LogP contribution in [0, 0.1) is 0 Å². The zero-order valence-corrected chi connectivity index (χ0v) is 19.1. The van der Waals surface area contributed by atoms with Gasteiger partial charge in [0.05, 0.1) is 31.0 Å². The summed E-state index contributed by atoms with van der Waals surface area (Å²) < 4.78 is 10.9. The number of ether oxygens (including phenoxy) is 2. The highest BCUT2D eigenvalue weighted by Gasteiger charge is 2.49. The van der Waals surface area contributed by atoms with E-state index in [-0.39, 0.29) is 36.4 Å². The van der Waals surface area contributed by atoms with Crippen molar-refractivity contribution in [1.29, 1.82) is 0 Å². The molecule has 0 fully saturated rings. The van der Waals surface area contributed by atoms with Crippen molar-refractivity contribution in [3.63, 3.8) is 0 Å². The minimum atomic E-state index is -0.728. The van der Waals surface area contributed by atoms with Crippen molar-refractivity contribution in [2.75, 3.05) is 31.0 Å². The van der Waals surface area contributed by atoms with Gasteiger partial charge in [0.2, 0.25) is 5.91 Å². The molecule has 3 aromatic carbocycles. The molecule has 3 amide bonds. The van der Waals surface area contributed by atoms with E-state index in [1.807, 2.05) is 0 Å². The maximum absolute atomic E-state index is 13.7. The first-order chi connectivity index (χ1) is 16.9. The minimum absolute atomic E-state index is 0.00921. The van der Waals surface area contributed by atoms with Gasteiger partial charge in [-0.3, -0.25) is 19.3 Å². The van der Waals surface area contributed by atoms with E-state index in [0.29, 0.717) is 39.6 Å². The van der Waals surface area contributed by atoms with E-state index >= 15 is 0 Å². The first-order valence-corrected chi connectivity index (χ1v) is 11.0. The Balaban J connectivity index is 1.51. The first-order valence-electron chi connectivity index (χ1n) is 11.0. The molecule has 3 aromatic rings. The van der Waals surface area contributed by atoms with Crippen LogP contribution in [0.5, 0.6) is 17.2 Å². The number of phenolic OH excluding ortho intramolecular Hbond substituents is 1. The topological polar surface area (TPSA) is 108 Å². The molecule has 0 aliphatic carbocycles. The second-order valence-corrected chi connectivity index (χ2v) is 8.18. The fraction of sp³-hybridized carbons (Fsp3) is 0.192. The third-order valence-electron chi connectivity index (χ3n) is 6.19. The van der Waals surface area contributed by atoms with Gasteiger partial charge in [0.1, 0.15) is 11.9 Å². The van der Waals surface area contributed by atoms with Crippen LogP contribution >= 0.6 is 0 Å². The fourth-order valence-corrected chi connectivity index (χ4v) is 4.68. The highest BCUT2D eigenvalue weighted by molar-refractivity contribution is 6.18. The van der Waals surface area contributed by atoms with Crippen molar-refractivity contribution in [2.24, 2.45) is 0 Å². The molecule has 178 valence electrons. The molecule has 2 aliphatic heterocycles. The largest absolute Gasteiger partial charge is 0.508 e. The van der Waals surface area contributed by atoms with Crippen LogP contribution in [-0.2, 0) is 4.79 Å². The Bertz CT molecular complexity index is 1350. The number of amides is 3. The van der Waals surface area contributed by atoms with Crippen molar-refractivity contribution in [3.8, 4) is 17.2 Å². The number of hydrogen-bond acceptors (Lipinski definition) is 6. The lowest BCUT2D eigenvalue weighted by Crippen LogP contribution is -2.49. The van der Waals surface area contributed by atoms with Gasteiger partial charge in [-0.1, -0.05) is 24.3 Å². The molecule has 2 N–H and O–H groups in total. The van der Waals surface area contributed by atoms with Crippen LogP contribution in [0.3, 0.4) is 0 Å².